The summed E-state index contributed by atoms with van der Waals surface area (Å²) in [4.78, 5) is 38.4. The Kier molecular flexibility index (Phi) is 6.91. The monoisotopic (exact) mass is 464 g/mol. The number of carbonyl (C=O) groups excluding carboxylic acids is 2. The van der Waals surface area contributed by atoms with Gasteiger partial charge in [-0.2, -0.15) is 0 Å². The smallest absolute Gasteiger partial charge is 0.407 e. The summed E-state index contributed by atoms with van der Waals surface area (Å²) in [6.07, 6.45) is 2.44. The van der Waals surface area contributed by atoms with E-state index in [1.807, 2.05) is 38.1 Å². The number of carbonyl (C=O) groups is 3. The minimum absolute atomic E-state index is 0.0337. The first kappa shape index (κ1) is 23.8. The number of benzene rings is 2. The number of nitrogens with one attached hydrogen (secondary N) is 1. The van der Waals surface area contributed by atoms with Gasteiger partial charge in [0.25, 0.3) is 0 Å². The van der Waals surface area contributed by atoms with Crippen LogP contribution in [0, 0.1) is 0 Å². The fourth-order valence-electron chi connectivity index (χ4n) is 5.05. The maximum atomic E-state index is 13.0. The zero-order valence-electron chi connectivity index (χ0n) is 19.8. The molecule has 180 valence electrons. The molecule has 34 heavy (non-hydrogen) atoms. The summed E-state index contributed by atoms with van der Waals surface area (Å²) in [5.74, 6) is -1.33. The molecule has 4 rings (SSSR count). The fourth-order valence-corrected chi connectivity index (χ4v) is 5.05. The highest BCUT2D eigenvalue weighted by molar-refractivity contribution is 5.83. The third-order valence-electron chi connectivity index (χ3n) is 7.26. The number of hydrogen-bond acceptors (Lipinski definition) is 4. The standard InChI is InChI=1S/C27H32N2O5/c1-3-18(2)29(16-25(31)32)24(30)15-27(13-8-14-27)28-26(33)34-17-23-21-11-6-4-9-19(21)20-10-5-7-12-22(20)23/h4-7,9-12,18,23H,3,8,13-17H2,1-2H3,(H,28,33)(H,31,32). The maximum absolute atomic E-state index is 13.0. The number of carboxylic acid groups (broad SMARTS) is 1. The Labute approximate surface area is 200 Å². The Morgan fingerprint density at radius 2 is 1.68 bits per heavy atom. The van der Waals surface area contributed by atoms with E-state index in [-0.39, 0.29) is 37.4 Å². The molecule has 0 aromatic heterocycles. The topological polar surface area (TPSA) is 95.9 Å². The molecule has 2 N–H and O–H groups in total. The highest BCUT2D eigenvalue weighted by atomic mass is 16.5. The van der Waals surface area contributed by atoms with Crippen molar-refractivity contribution in [1.82, 2.24) is 10.2 Å². The van der Waals surface area contributed by atoms with Crippen molar-refractivity contribution in [2.24, 2.45) is 0 Å². The van der Waals surface area contributed by atoms with E-state index in [2.05, 4.69) is 29.6 Å². The molecule has 2 amide bonds. The first-order chi connectivity index (χ1) is 16.3. The Hall–Kier alpha value is -3.35. The minimum atomic E-state index is -1.04. The van der Waals surface area contributed by atoms with Gasteiger partial charge in [-0.15, -0.1) is 0 Å². The van der Waals surface area contributed by atoms with Crippen LogP contribution in [-0.4, -0.2) is 52.7 Å². The second-order valence-corrected chi connectivity index (χ2v) is 9.43. The molecule has 0 saturated heterocycles. The van der Waals surface area contributed by atoms with Crippen LogP contribution in [0.2, 0.25) is 0 Å². The minimum Gasteiger partial charge on any atom is -0.480 e. The van der Waals surface area contributed by atoms with Gasteiger partial charge in [-0.3, -0.25) is 9.59 Å². The van der Waals surface area contributed by atoms with Gasteiger partial charge in [0.05, 0.1) is 12.0 Å². The molecule has 1 saturated carbocycles. The van der Waals surface area contributed by atoms with Crippen molar-refractivity contribution >= 4 is 18.0 Å². The predicted molar refractivity (Wildman–Crippen MR) is 129 cm³/mol. The van der Waals surface area contributed by atoms with Gasteiger partial charge in [-0.25, -0.2) is 4.79 Å². The third kappa shape index (κ3) is 4.79. The van der Waals surface area contributed by atoms with Crippen LogP contribution in [0.15, 0.2) is 48.5 Å². The molecule has 0 heterocycles. The molecule has 0 radical (unpaired) electrons. The highest BCUT2D eigenvalue weighted by Gasteiger charge is 2.42. The normalized spacial score (nSPS) is 16.5. The first-order valence-corrected chi connectivity index (χ1v) is 12.0. The van der Waals surface area contributed by atoms with Gasteiger partial charge in [0.2, 0.25) is 5.91 Å². The van der Waals surface area contributed by atoms with Crippen LogP contribution in [0.5, 0.6) is 0 Å². The van der Waals surface area contributed by atoms with Gasteiger partial charge < -0.3 is 20.1 Å². The Morgan fingerprint density at radius 3 is 2.18 bits per heavy atom. The molecule has 0 aliphatic heterocycles. The molecule has 0 spiro atoms. The van der Waals surface area contributed by atoms with Crippen LogP contribution in [-0.2, 0) is 14.3 Å². The van der Waals surface area contributed by atoms with E-state index in [4.69, 9.17) is 4.74 Å². The molecule has 7 heteroatoms. The Balaban J connectivity index is 1.40. The van der Waals surface area contributed by atoms with Crippen molar-refractivity contribution in [3.8, 4) is 11.1 Å². The van der Waals surface area contributed by atoms with Crippen LogP contribution in [0.3, 0.4) is 0 Å². The van der Waals surface area contributed by atoms with E-state index < -0.39 is 17.6 Å². The second-order valence-electron chi connectivity index (χ2n) is 9.43. The lowest BCUT2D eigenvalue weighted by molar-refractivity contribution is -0.147. The van der Waals surface area contributed by atoms with E-state index in [9.17, 15) is 19.5 Å². The lowest BCUT2D eigenvalue weighted by Crippen LogP contribution is -2.57. The molecular weight excluding hydrogens is 432 g/mol. The van der Waals surface area contributed by atoms with Crippen LogP contribution < -0.4 is 5.32 Å². The van der Waals surface area contributed by atoms with Gasteiger partial charge in [-0.1, -0.05) is 55.5 Å². The summed E-state index contributed by atoms with van der Waals surface area (Å²) < 4.78 is 5.68. The first-order valence-electron chi connectivity index (χ1n) is 12.0. The number of nitrogens with zero attached hydrogens (tertiary/aromatic N) is 1. The van der Waals surface area contributed by atoms with Crippen molar-refractivity contribution < 1.29 is 24.2 Å². The maximum Gasteiger partial charge on any atom is 0.407 e. The van der Waals surface area contributed by atoms with Crippen molar-refractivity contribution in [2.75, 3.05) is 13.2 Å². The van der Waals surface area contributed by atoms with Gasteiger partial charge in [0, 0.05) is 12.0 Å². The molecule has 1 unspecified atom stereocenters. The van der Waals surface area contributed by atoms with Crippen molar-refractivity contribution in [2.45, 2.75) is 63.5 Å². The number of fused-ring (bicyclic) bond motifs is 3. The third-order valence-corrected chi connectivity index (χ3v) is 7.26. The number of aliphatic carboxylic acids is 1. The zero-order chi connectivity index (χ0) is 24.3. The Morgan fingerprint density at radius 1 is 1.09 bits per heavy atom. The summed E-state index contributed by atoms with van der Waals surface area (Å²) in [6.45, 7) is 3.63. The number of carboxylic acids is 1. The van der Waals surface area contributed by atoms with Gasteiger partial charge in [0.1, 0.15) is 13.2 Å². The van der Waals surface area contributed by atoms with E-state index >= 15 is 0 Å². The number of rotatable bonds is 9. The summed E-state index contributed by atoms with van der Waals surface area (Å²) in [7, 11) is 0. The average molecular weight is 465 g/mol. The molecule has 1 atom stereocenters. The molecule has 2 aliphatic rings. The molecule has 1 fully saturated rings. The van der Waals surface area contributed by atoms with Gasteiger partial charge >= 0.3 is 12.1 Å². The van der Waals surface area contributed by atoms with E-state index in [0.29, 0.717) is 19.3 Å². The molecule has 2 aromatic rings. The SMILES string of the molecule is CCC(C)N(CC(=O)O)C(=O)CC1(NC(=O)OCC2c3ccccc3-c3ccccc32)CCC1. The summed E-state index contributed by atoms with van der Waals surface area (Å²) in [6, 6.07) is 16.1. The summed E-state index contributed by atoms with van der Waals surface area (Å²) in [5, 5.41) is 12.2. The molecular formula is C27H32N2O5. The average Bonchev–Trinajstić information content (AvgIpc) is 3.12. The second kappa shape index (κ2) is 9.87. The van der Waals surface area contributed by atoms with E-state index in [1.165, 1.54) is 4.90 Å². The van der Waals surface area contributed by atoms with Crippen LogP contribution >= 0.6 is 0 Å². The Bertz CT molecular complexity index is 1030. The van der Waals surface area contributed by atoms with Crippen molar-refractivity contribution in [3.05, 3.63) is 59.7 Å². The van der Waals surface area contributed by atoms with Gasteiger partial charge in [-0.05, 0) is 54.9 Å². The summed E-state index contributed by atoms with van der Waals surface area (Å²) in [5.41, 5.74) is 3.93. The molecule has 0 bridgehead atoms. The van der Waals surface area contributed by atoms with Crippen molar-refractivity contribution in [1.29, 1.82) is 0 Å². The predicted octanol–water partition coefficient (Wildman–Crippen LogP) is 4.55. The number of amides is 2. The molecule has 2 aliphatic carbocycles. The van der Waals surface area contributed by atoms with Gasteiger partial charge in [0.15, 0.2) is 0 Å². The molecule has 7 nitrogen and oxygen atoms in total. The van der Waals surface area contributed by atoms with E-state index in [1.54, 1.807) is 0 Å². The van der Waals surface area contributed by atoms with E-state index in [0.717, 1.165) is 28.7 Å². The lowest BCUT2D eigenvalue weighted by atomic mass is 9.74. The molecule has 2 aromatic carbocycles. The number of ether oxygens (including phenoxy) is 1. The highest BCUT2D eigenvalue weighted by Crippen LogP contribution is 2.44. The van der Waals surface area contributed by atoms with Crippen LogP contribution in [0.4, 0.5) is 4.79 Å². The van der Waals surface area contributed by atoms with Crippen LogP contribution in [0.1, 0.15) is 63.0 Å². The van der Waals surface area contributed by atoms with Crippen LogP contribution in [0.25, 0.3) is 11.1 Å². The summed E-state index contributed by atoms with van der Waals surface area (Å²) >= 11 is 0. The quantitative estimate of drug-likeness (QED) is 0.568. The zero-order valence-corrected chi connectivity index (χ0v) is 19.8. The fraction of sp³-hybridized carbons (Fsp3) is 0.444. The lowest BCUT2D eigenvalue weighted by Gasteiger charge is -2.43. The largest absolute Gasteiger partial charge is 0.480 e. The number of alkyl carbamates (subject to hydrolysis) is 1. The number of hydrogen-bond donors (Lipinski definition) is 2. The van der Waals surface area contributed by atoms with Crippen molar-refractivity contribution in [3.63, 3.8) is 0 Å².